The number of hydrogen-bond donors (Lipinski definition) is 0. The van der Waals surface area contributed by atoms with Crippen LogP contribution in [0.3, 0.4) is 0 Å². The molecule has 166 valence electrons. The highest BCUT2D eigenvalue weighted by atomic mass is 79.9. The number of hydrogen-bond acceptors (Lipinski definition) is 5. The van der Waals surface area contributed by atoms with Crippen molar-refractivity contribution in [2.45, 2.75) is 38.7 Å². The highest BCUT2D eigenvalue weighted by molar-refractivity contribution is 9.10. The normalized spacial score (nSPS) is 21.3. The van der Waals surface area contributed by atoms with Gasteiger partial charge >= 0.3 is 5.97 Å². The molecule has 0 N–H and O–H groups in total. The Hall–Kier alpha value is -2.73. The van der Waals surface area contributed by atoms with Gasteiger partial charge in [0.1, 0.15) is 17.6 Å². The number of Topliss-reactive ketones (excluding diaryl/α,β-unsaturated/α-hetero) is 2. The van der Waals surface area contributed by atoms with Crippen LogP contribution in [0.25, 0.3) is 0 Å². The van der Waals surface area contributed by atoms with Gasteiger partial charge in [-0.2, -0.15) is 0 Å². The fourth-order valence-corrected chi connectivity index (χ4v) is 4.89. The molecular formula is C26H25BrO5. The Morgan fingerprint density at radius 1 is 1.16 bits per heavy atom. The van der Waals surface area contributed by atoms with Gasteiger partial charge in [-0.25, -0.2) is 4.79 Å². The molecule has 0 radical (unpaired) electrons. The lowest BCUT2D eigenvalue weighted by molar-refractivity contribution is -0.123. The summed E-state index contributed by atoms with van der Waals surface area (Å²) < 4.78 is 12.1. The first-order chi connectivity index (χ1) is 15.4. The van der Waals surface area contributed by atoms with E-state index >= 15 is 0 Å². The van der Waals surface area contributed by atoms with Gasteiger partial charge in [0.25, 0.3) is 0 Å². The molecule has 2 aliphatic carbocycles. The van der Waals surface area contributed by atoms with Gasteiger partial charge in [0.2, 0.25) is 0 Å². The molecule has 32 heavy (non-hydrogen) atoms. The van der Waals surface area contributed by atoms with Crippen molar-refractivity contribution < 1.29 is 23.9 Å². The summed E-state index contributed by atoms with van der Waals surface area (Å²) in [6.07, 6.45) is 1.13. The van der Waals surface area contributed by atoms with E-state index in [2.05, 4.69) is 15.9 Å². The van der Waals surface area contributed by atoms with Crippen LogP contribution in [0.2, 0.25) is 0 Å². The molecule has 0 spiro atoms. The van der Waals surface area contributed by atoms with Crippen molar-refractivity contribution in [3.8, 4) is 5.75 Å². The number of halogens is 1. The second kappa shape index (κ2) is 9.41. The maximum atomic E-state index is 12.9. The number of carbonyl (C=O) groups is 3. The molecule has 5 nitrogen and oxygen atoms in total. The van der Waals surface area contributed by atoms with E-state index in [9.17, 15) is 14.4 Å². The van der Waals surface area contributed by atoms with Crippen molar-refractivity contribution in [3.05, 3.63) is 75.3 Å². The van der Waals surface area contributed by atoms with E-state index in [1.165, 1.54) is 0 Å². The molecule has 4 rings (SSSR count). The summed E-state index contributed by atoms with van der Waals surface area (Å²) >= 11 is 3.37. The minimum absolute atomic E-state index is 0.0470. The summed E-state index contributed by atoms with van der Waals surface area (Å²) in [7, 11) is 1.58. The van der Waals surface area contributed by atoms with Crippen LogP contribution in [0.1, 0.15) is 54.6 Å². The number of fused-ring (bicyclic) bond motifs is 1. The molecule has 3 atom stereocenters. The summed E-state index contributed by atoms with van der Waals surface area (Å²) in [5.74, 6) is 0.191. The Labute approximate surface area is 195 Å². The Morgan fingerprint density at radius 2 is 1.91 bits per heavy atom. The lowest BCUT2D eigenvalue weighted by atomic mass is 9.81. The molecule has 1 saturated carbocycles. The molecule has 0 saturated heterocycles. The van der Waals surface area contributed by atoms with E-state index in [0.29, 0.717) is 36.1 Å². The van der Waals surface area contributed by atoms with Crippen LogP contribution in [0, 0.1) is 11.8 Å². The first kappa shape index (κ1) is 22.5. The molecule has 1 fully saturated rings. The number of methoxy groups -OCH3 is 1. The van der Waals surface area contributed by atoms with Gasteiger partial charge in [0.15, 0.2) is 5.78 Å². The zero-order valence-electron chi connectivity index (χ0n) is 18.1. The van der Waals surface area contributed by atoms with E-state index < -0.39 is 12.1 Å². The maximum absolute atomic E-state index is 12.9. The molecule has 0 amide bonds. The predicted molar refractivity (Wildman–Crippen MR) is 123 cm³/mol. The lowest BCUT2D eigenvalue weighted by Gasteiger charge is -2.25. The molecular weight excluding hydrogens is 472 g/mol. The molecule has 2 aromatic carbocycles. The third-order valence-corrected chi connectivity index (χ3v) is 6.87. The van der Waals surface area contributed by atoms with Crippen LogP contribution < -0.4 is 4.74 Å². The Balaban J connectivity index is 1.69. The van der Waals surface area contributed by atoms with Gasteiger partial charge in [-0.1, -0.05) is 40.6 Å². The number of carbonyl (C=O) groups excluding carboxylic acids is 3. The molecule has 0 aromatic heterocycles. The number of ether oxygens (including phenoxy) is 2. The minimum atomic E-state index is -0.669. The summed E-state index contributed by atoms with van der Waals surface area (Å²) in [5.41, 5.74) is 2.76. The Morgan fingerprint density at radius 3 is 2.62 bits per heavy atom. The fraction of sp³-hybridized carbons (Fsp3) is 0.346. The van der Waals surface area contributed by atoms with E-state index in [1.54, 1.807) is 31.4 Å². The fourth-order valence-electron chi connectivity index (χ4n) is 4.63. The Kier molecular flexibility index (Phi) is 6.60. The van der Waals surface area contributed by atoms with Gasteiger partial charge in [-0.3, -0.25) is 9.59 Å². The Bertz CT molecular complexity index is 1090. The third-order valence-electron chi connectivity index (χ3n) is 6.34. The van der Waals surface area contributed by atoms with E-state index in [1.807, 2.05) is 31.2 Å². The maximum Gasteiger partial charge on any atom is 0.338 e. The van der Waals surface area contributed by atoms with E-state index in [-0.39, 0.29) is 29.8 Å². The van der Waals surface area contributed by atoms with Gasteiger partial charge in [0.05, 0.1) is 12.7 Å². The topological polar surface area (TPSA) is 69.7 Å². The zero-order valence-corrected chi connectivity index (χ0v) is 19.7. The standard InChI is InChI=1S/C26H25BrO5/c1-15-12-21-20(25(15)29)10-11-23(28)22(21)14-24(17-4-3-5-19(13-17)31-2)32-26(30)16-6-8-18(27)9-7-16/h3-9,13,15,20,24H,10-12,14H2,1-2H3. The van der Waals surface area contributed by atoms with Crippen molar-refractivity contribution >= 4 is 33.5 Å². The number of ketones is 2. The van der Waals surface area contributed by atoms with Crippen LogP contribution in [0.4, 0.5) is 0 Å². The molecule has 2 aliphatic rings. The van der Waals surface area contributed by atoms with Crippen molar-refractivity contribution in [1.82, 2.24) is 0 Å². The van der Waals surface area contributed by atoms with Crippen LogP contribution >= 0.6 is 15.9 Å². The highest BCUT2D eigenvalue weighted by Gasteiger charge is 2.41. The molecule has 2 aromatic rings. The second-order valence-corrected chi connectivity index (χ2v) is 9.32. The number of allylic oxidation sites excluding steroid dienone is 1. The first-order valence-corrected chi connectivity index (χ1v) is 11.6. The monoisotopic (exact) mass is 496 g/mol. The van der Waals surface area contributed by atoms with Crippen LogP contribution in [0.15, 0.2) is 64.1 Å². The lowest BCUT2D eigenvalue weighted by Crippen LogP contribution is -2.23. The predicted octanol–water partition coefficient (Wildman–Crippen LogP) is 5.63. The summed E-state index contributed by atoms with van der Waals surface area (Å²) in [4.78, 5) is 38.4. The summed E-state index contributed by atoms with van der Waals surface area (Å²) in [6, 6.07) is 14.3. The number of esters is 1. The molecule has 0 bridgehead atoms. The highest BCUT2D eigenvalue weighted by Crippen LogP contribution is 2.44. The van der Waals surface area contributed by atoms with Gasteiger partial charge in [-0.15, -0.1) is 0 Å². The van der Waals surface area contributed by atoms with Crippen molar-refractivity contribution in [3.63, 3.8) is 0 Å². The van der Waals surface area contributed by atoms with E-state index in [4.69, 9.17) is 9.47 Å². The van der Waals surface area contributed by atoms with Crippen LogP contribution in [-0.4, -0.2) is 24.6 Å². The molecule has 6 heteroatoms. The average Bonchev–Trinajstić information content (AvgIpc) is 3.09. The second-order valence-electron chi connectivity index (χ2n) is 8.41. The SMILES string of the molecule is COc1cccc(C(CC2=C3CC(C)C(=O)C3CCC2=O)OC(=O)c2ccc(Br)cc2)c1. The van der Waals surface area contributed by atoms with Crippen molar-refractivity contribution in [2.75, 3.05) is 7.11 Å². The van der Waals surface area contributed by atoms with Gasteiger partial charge in [-0.05, 0) is 60.4 Å². The number of rotatable bonds is 6. The van der Waals surface area contributed by atoms with Crippen LogP contribution in [-0.2, 0) is 14.3 Å². The average molecular weight is 497 g/mol. The molecule has 3 unspecified atom stereocenters. The molecule has 0 heterocycles. The largest absolute Gasteiger partial charge is 0.497 e. The molecule has 0 aliphatic heterocycles. The smallest absolute Gasteiger partial charge is 0.338 e. The number of benzene rings is 2. The quantitative estimate of drug-likeness (QED) is 0.484. The van der Waals surface area contributed by atoms with Crippen molar-refractivity contribution in [2.24, 2.45) is 11.8 Å². The minimum Gasteiger partial charge on any atom is -0.497 e. The summed E-state index contributed by atoms with van der Waals surface area (Å²) in [6.45, 7) is 1.92. The summed E-state index contributed by atoms with van der Waals surface area (Å²) in [5, 5.41) is 0. The zero-order chi connectivity index (χ0) is 22.8. The van der Waals surface area contributed by atoms with Gasteiger partial charge in [0, 0.05) is 29.2 Å². The van der Waals surface area contributed by atoms with Gasteiger partial charge < -0.3 is 9.47 Å². The van der Waals surface area contributed by atoms with E-state index in [0.717, 1.165) is 15.6 Å². The van der Waals surface area contributed by atoms with Crippen molar-refractivity contribution in [1.29, 1.82) is 0 Å². The first-order valence-electron chi connectivity index (χ1n) is 10.8. The van der Waals surface area contributed by atoms with Crippen LogP contribution in [0.5, 0.6) is 5.75 Å². The third kappa shape index (κ3) is 4.56.